The van der Waals surface area contributed by atoms with E-state index < -0.39 is 0 Å². The Balaban J connectivity index is 2.57. The molecule has 0 aromatic heterocycles. The van der Waals surface area contributed by atoms with Crippen molar-refractivity contribution >= 4 is 5.78 Å². The first-order valence-electron chi connectivity index (χ1n) is 8.88. The second-order valence-electron chi connectivity index (χ2n) is 7.75. The van der Waals surface area contributed by atoms with Crippen LogP contribution in [0.1, 0.15) is 65.7 Å². The van der Waals surface area contributed by atoms with E-state index in [9.17, 15) is 4.79 Å². The van der Waals surface area contributed by atoms with Gasteiger partial charge >= 0.3 is 0 Å². The van der Waals surface area contributed by atoms with E-state index in [1.807, 2.05) is 0 Å². The predicted octanol–water partition coefficient (Wildman–Crippen LogP) is 5.85. The second kappa shape index (κ2) is 8.52. The molecule has 0 aromatic rings. The molecule has 0 saturated heterocycles. The van der Waals surface area contributed by atoms with Crippen molar-refractivity contribution in [1.29, 1.82) is 0 Å². The second-order valence-corrected chi connectivity index (χ2v) is 7.75. The third-order valence-electron chi connectivity index (χ3n) is 5.94. The Bertz CT molecular complexity index is 437. The van der Waals surface area contributed by atoms with Crippen molar-refractivity contribution < 1.29 is 9.53 Å². The Hall–Kier alpha value is -1.31. The van der Waals surface area contributed by atoms with Crippen LogP contribution in [0.4, 0.5) is 0 Å². The van der Waals surface area contributed by atoms with Crippen molar-refractivity contribution in [3.8, 4) is 0 Å². The number of ketones is 1. The lowest BCUT2D eigenvalue weighted by Crippen LogP contribution is -2.36. The standard InChI is InChI=1S/C21H34O2/c1-7-17(4)23-16-21(9-3)14-10-18(11-15-21)20(5,6)13-12-19(22)8-2/h7-8,18H,1-2,4,9-16H2,3,5-6H3. The van der Waals surface area contributed by atoms with Crippen molar-refractivity contribution in [2.24, 2.45) is 16.7 Å². The highest BCUT2D eigenvalue weighted by molar-refractivity contribution is 5.88. The van der Waals surface area contributed by atoms with E-state index in [1.54, 1.807) is 6.08 Å². The van der Waals surface area contributed by atoms with Crippen LogP contribution in [-0.2, 0) is 9.53 Å². The number of carbonyl (C=O) groups is 1. The number of allylic oxidation sites excluding steroid dienone is 2. The summed E-state index contributed by atoms with van der Waals surface area (Å²) in [6.07, 6.45) is 10.6. The lowest BCUT2D eigenvalue weighted by atomic mass is 9.62. The van der Waals surface area contributed by atoms with Gasteiger partial charge < -0.3 is 4.74 Å². The van der Waals surface area contributed by atoms with Crippen molar-refractivity contribution in [3.05, 3.63) is 37.6 Å². The third kappa shape index (κ3) is 5.67. The molecule has 0 N–H and O–H groups in total. The fourth-order valence-corrected chi connectivity index (χ4v) is 3.67. The van der Waals surface area contributed by atoms with Crippen molar-refractivity contribution in [1.82, 2.24) is 0 Å². The van der Waals surface area contributed by atoms with Gasteiger partial charge in [0.05, 0.1) is 6.61 Å². The fraction of sp³-hybridized carbons (Fsp3) is 0.667. The minimum atomic E-state index is 0.160. The lowest BCUT2D eigenvalue weighted by molar-refractivity contribution is -0.115. The third-order valence-corrected chi connectivity index (χ3v) is 5.94. The molecule has 0 radical (unpaired) electrons. The van der Waals surface area contributed by atoms with E-state index in [0.29, 0.717) is 18.1 Å². The maximum atomic E-state index is 11.5. The maximum Gasteiger partial charge on any atom is 0.155 e. The van der Waals surface area contributed by atoms with E-state index in [0.717, 1.165) is 19.4 Å². The molecule has 0 unspecified atom stereocenters. The summed E-state index contributed by atoms with van der Waals surface area (Å²) >= 11 is 0. The number of rotatable bonds is 10. The highest BCUT2D eigenvalue weighted by Gasteiger charge is 2.39. The summed E-state index contributed by atoms with van der Waals surface area (Å²) in [6, 6.07) is 0. The average molecular weight is 319 g/mol. The lowest BCUT2D eigenvalue weighted by Gasteiger charge is -2.45. The molecule has 1 fully saturated rings. The topological polar surface area (TPSA) is 26.3 Å². The van der Waals surface area contributed by atoms with E-state index in [-0.39, 0.29) is 16.6 Å². The number of hydrogen-bond donors (Lipinski definition) is 0. The quantitative estimate of drug-likeness (QED) is 0.287. The van der Waals surface area contributed by atoms with Crippen molar-refractivity contribution in [2.45, 2.75) is 65.7 Å². The monoisotopic (exact) mass is 318 g/mol. The largest absolute Gasteiger partial charge is 0.494 e. The Morgan fingerprint density at radius 3 is 2.35 bits per heavy atom. The van der Waals surface area contributed by atoms with Gasteiger partial charge in [-0.2, -0.15) is 0 Å². The van der Waals surface area contributed by atoms with E-state index >= 15 is 0 Å². The van der Waals surface area contributed by atoms with Gasteiger partial charge in [-0.15, -0.1) is 0 Å². The molecule has 1 rings (SSSR count). The van der Waals surface area contributed by atoms with Crippen LogP contribution in [0.5, 0.6) is 0 Å². The molecule has 23 heavy (non-hydrogen) atoms. The first-order chi connectivity index (χ1) is 10.8. The number of hydrogen-bond acceptors (Lipinski definition) is 2. The minimum Gasteiger partial charge on any atom is -0.494 e. The average Bonchev–Trinajstić information content (AvgIpc) is 2.57. The Labute approximate surface area is 142 Å². The van der Waals surface area contributed by atoms with Gasteiger partial charge in [0.1, 0.15) is 5.76 Å². The van der Waals surface area contributed by atoms with Crippen molar-refractivity contribution in [3.63, 3.8) is 0 Å². The van der Waals surface area contributed by atoms with Crippen LogP contribution in [0.15, 0.2) is 37.6 Å². The summed E-state index contributed by atoms with van der Waals surface area (Å²) < 4.78 is 5.77. The normalized spacial score (nSPS) is 24.7. The van der Waals surface area contributed by atoms with Crippen LogP contribution >= 0.6 is 0 Å². The minimum absolute atomic E-state index is 0.160. The SMILES string of the molecule is C=CC(=C)OCC1(CC)CCC(C(C)(C)CCC(=O)C=C)CC1. The summed E-state index contributed by atoms with van der Waals surface area (Å²) in [5.74, 6) is 1.51. The van der Waals surface area contributed by atoms with Crippen LogP contribution in [0.2, 0.25) is 0 Å². The number of carbonyl (C=O) groups excluding carboxylic acids is 1. The molecule has 130 valence electrons. The molecule has 1 aliphatic carbocycles. The van der Waals surface area contributed by atoms with E-state index in [4.69, 9.17) is 4.74 Å². The predicted molar refractivity (Wildman–Crippen MR) is 98.2 cm³/mol. The fourth-order valence-electron chi connectivity index (χ4n) is 3.67. The first kappa shape index (κ1) is 19.7. The molecule has 0 bridgehead atoms. The van der Waals surface area contributed by atoms with Crippen LogP contribution in [0.25, 0.3) is 0 Å². The Morgan fingerprint density at radius 1 is 1.26 bits per heavy atom. The molecular formula is C21H34O2. The summed E-state index contributed by atoms with van der Waals surface area (Å²) in [7, 11) is 0. The number of ether oxygens (including phenoxy) is 1. The van der Waals surface area contributed by atoms with Gasteiger partial charge in [0, 0.05) is 11.8 Å². The maximum absolute atomic E-state index is 11.5. The highest BCUT2D eigenvalue weighted by atomic mass is 16.5. The molecule has 0 spiro atoms. The smallest absolute Gasteiger partial charge is 0.155 e. The van der Waals surface area contributed by atoms with Gasteiger partial charge in [-0.3, -0.25) is 4.79 Å². The summed E-state index contributed by atoms with van der Waals surface area (Å²) in [6.45, 7) is 18.7. The van der Waals surface area contributed by atoms with Gasteiger partial charge in [0.2, 0.25) is 0 Å². The molecule has 0 atom stereocenters. The van der Waals surface area contributed by atoms with Crippen LogP contribution in [-0.4, -0.2) is 12.4 Å². The van der Waals surface area contributed by atoms with Gasteiger partial charge in [-0.1, -0.05) is 40.5 Å². The molecule has 0 amide bonds. The molecule has 1 aliphatic rings. The zero-order valence-electron chi connectivity index (χ0n) is 15.3. The summed E-state index contributed by atoms with van der Waals surface area (Å²) in [5.41, 5.74) is 0.486. The Kier molecular flexibility index (Phi) is 7.31. The molecule has 0 aliphatic heterocycles. The zero-order valence-corrected chi connectivity index (χ0v) is 15.3. The molecule has 0 heterocycles. The van der Waals surface area contributed by atoms with Crippen LogP contribution < -0.4 is 0 Å². The molecular weight excluding hydrogens is 284 g/mol. The van der Waals surface area contributed by atoms with E-state index in [1.165, 1.54) is 31.8 Å². The first-order valence-corrected chi connectivity index (χ1v) is 8.88. The molecule has 2 nitrogen and oxygen atoms in total. The summed E-state index contributed by atoms with van der Waals surface area (Å²) in [4.78, 5) is 11.5. The summed E-state index contributed by atoms with van der Waals surface area (Å²) in [5, 5.41) is 0. The van der Waals surface area contributed by atoms with Crippen LogP contribution in [0.3, 0.4) is 0 Å². The van der Waals surface area contributed by atoms with Gasteiger partial charge in [0.25, 0.3) is 0 Å². The molecule has 1 saturated carbocycles. The Morgan fingerprint density at radius 2 is 1.87 bits per heavy atom. The van der Waals surface area contributed by atoms with Gasteiger partial charge in [-0.05, 0) is 62.0 Å². The van der Waals surface area contributed by atoms with Crippen molar-refractivity contribution in [2.75, 3.05) is 6.61 Å². The molecule has 0 aromatic carbocycles. The highest BCUT2D eigenvalue weighted by Crippen LogP contribution is 2.48. The van der Waals surface area contributed by atoms with Gasteiger partial charge in [0.15, 0.2) is 5.78 Å². The van der Waals surface area contributed by atoms with E-state index in [2.05, 4.69) is 40.5 Å². The zero-order chi connectivity index (χ0) is 17.5. The van der Waals surface area contributed by atoms with Crippen LogP contribution in [0, 0.1) is 16.7 Å². The molecule has 2 heteroatoms. The van der Waals surface area contributed by atoms with Gasteiger partial charge in [-0.25, -0.2) is 0 Å².